The van der Waals surface area contributed by atoms with Gasteiger partial charge in [0.2, 0.25) is 0 Å². The van der Waals surface area contributed by atoms with Crippen LogP contribution in [0.1, 0.15) is 28.4 Å². The summed E-state index contributed by atoms with van der Waals surface area (Å²) in [6.45, 7) is 2.09. The van der Waals surface area contributed by atoms with E-state index in [0.29, 0.717) is 0 Å². The van der Waals surface area contributed by atoms with Crippen LogP contribution in [0.25, 0.3) is 6.08 Å². The molecule has 0 N–H and O–H groups in total. The lowest BCUT2D eigenvalue weighted by Crippen LogP contribution is -2.07. The van der Waals surface area contributed by atoms with Gasteiger partial charge in [-0.15, -0.1) is 0 Å². The molecule has 0 saturated carbocycles. The maximum absolute atomic E-state index is 12.2. The van der Waals surface area contributed by atoms with E-state index in [2.05, 4.69) is 11.8 Å². The van der Waals surface area contributed by atoms with Gasteiger partial charge in [0, 0.05) is 25.3 Å². The fraction of sp³-hybridized carbons (Fsp3) is 0.211. The maximum atomic E-state index is 12.2. The van der Waals surface area contributed by atoms with Crippen molar-refractivity contribution in [1.82, 2.24) is 0 Å². The Hall–Kier alpha value is -2.35. The highest BCUT2D eigenvalue weighted by molar-refractivity contribution is 6.06. The fourth-order valence-corrected chi connectivity index (χ4v) is 2.10. The Bertz CT molecular complexity index is 639. The summed E-state index contributed by atoms with van der Waals surface area (Å²) in [5.74, 6) is 0.0435. The number of carbonyl (C=O) groups excluding carboxylic acids is 1. The Morgan fingerprint density at radius 1 is 1.10 bits per heavy atom. The monoisotopic (exact) mass is 279 g/mol. The number of benzene rings is 2. The van der Waals surface area contributed by atoms with Crippen LogP contribution in [0.2, 0.25) is 0 Å². The molecule has 2 rings (SSSR count). The molecular weight excluding hydrogens is 258 g/mol. The molecule has 0 unspecified atom stereocenters. The molecule has 2 nitrogen and oxygen atoms in total. The molecule has 2 heteroatoms. The zero-order valence-corrected chi connectivity index (χ0v) is 12.8. The topological polar surface area (TPSA) is 20.3 Å². The van der Waals surface area contributed by atoms with Crippen LogP contribution in [-0.4, -0.2) is 19.9 Å². The van der Waals surface area contributed by atoms with E-state index in [1.54, 1.807) is 6.08 Å². The second-order valence-electron chi connectivity index (χ2n) is 5.24. The third-order valence-corrected chi connectivity index (χ3v) is 3.46. The van der Waals surface area contributed by atoms with Gasteiger partial charge in [0.15, 0.2) is 5.78 Å². The van der Waals surface area contributed by atoms with E-state index in [1.807, 2.05) is 68.7 Å². The molecule has 0 spiro atoms. The number of rotatable bonds is 5. The lowest BCUT2D eigenvalue weighted by atomic mass is 10.0. The molecule has 0 amide bonds. The van der Waals surface area contributed by atoms with Crippen molar-refractivity contribution in [2.75, 3.05) is 19.0 Å². The van der Waals surface area contributed by atoms with Crippen molar-refractivity contribution in [3.8, 4) is 0 Å². The van der Waals surface area contributed by atoms with E-state index in [-0.39, 0.29) is 5.78 Å². The molecule has 0 fully saturated rings. The number of carbonyl (C=O) groups is 1. The van der Waals surface area contributed by atoms with Crippen molar-refractivity contribution in [1.29, 1.82) is 0 Å². The van der Waals surface area contributed by atoms with Crippen LogP contribution in [-0.2, 0) is 6.42 Å². The highest BCUT2D eigenvalue weighted by Gasteiger charge is 2.02. The smallest absolute Gasteiger partial charge is 0.185 e. The van der Waals surface area contributed by atoms with E-state index < -0.39 is 0 Å². The van der Waals surface area contributed by atoms with Gasteiger partial charge in [0.05, 0.1) is 0 Å². The first-order valence-corrected chi connectivity index (χ1v) is 7.19. The average molecular weight is 279 g/mol. The Morgan fingerprint density at radius 3 is 2.43 bits per heavy atom. The molecule has 108 valence electrons. The van der Waals surface area contributed by atoms with Crippen LogP contribution in [0, 0.1) is 0 Å². The van der Waals surface area contributed by atoms with Crippen molar-refractivity contribution in [3.05, 3.63) is 71.3 Å². The summed E-state index contributed by atoms with van der Waals surface area (Å²) in [6, 6.07) is 15.9. The number of nitrogens with zero attached hydrogens (tertiary/aromatic N) is 1. The van der Waals surface area contributed by atoms with Gasteiger partial charge in [-0.1, -0.05) is 43.3 Å². The van der Waals surface area contributed by atoms with Crippen LogP contribution in [0.5, 0.6) is 0 Å². The molecule has 0 radical (unpaired) electrons. The standard InChI is InChI=1S/C19H21NO/c1-4-15-6-5-7-17(14-15)19(21)13-10-16-8-11-18(12-9-16)20(2)3/h5-14H,4H2,1-3H3. The fourth-order valence-electron chi connectivity index (χ4n) is 2.10. The van der Waals surface area contributed by atoms with Gasteiger partial charge in [0.1, 0.15) is 0 Å². The number of anilines is 1. The molecule has 0 saturated heterocycles. The number of aryl methyl sites for hydroxylation is 1. The zero-order chi connectivity index (χ0) is 15.2. The van der Waals surface area contributed by atoms with Crippen molar-refractivity contribution in [2.45, 2.75) is 13.3 Å². The summed E-state index contributed by atoms with van der Waals surface area (Å²) in [5, 5.41) is 0. The highest BCUT2D eigenvalue weighted by atomic mass is 16.1. The van der Waals surface area contributed by atoms with Crippen LogP contribution in [0.3, 0.4) is 0 Å². The molecular formula is C19H21NO. The Kier molecular flexibility index (Phi) is 4.94. The molecule has 2 aromatic carbocycles. The van der Waals surface area contributed by atoms with E-state index >= 15 is 0 Å². The number of hydrogen-bond donors (Lipinski definition) is 0. The van der Waals surface area contributed by atoms with Gasteiger partial charge < -0.3 is 4.90 Å². The second-order valence-corrected chi connectivity index (χ2v) is 5.24. The SMILES string of the molecule is CCc1cccc(C(=O)C=Cc2ccc(N(C)C)cc2)c1. The first kappa shape index (κ1) is 15.0. The molecule has 21 heavy (non-hydrogen) atoms. The molecule has 0 aliphatic rings. The van der Waals surface area contributed by atoms with E-state index in [9.17, 15) is 4.79 Å². The van der Waals surface area contributed by atoms with E-state index in [4.69, 9.17) is 0 Å². The Balaban J connectivity index is 2.10. The van der Waals surface area contributed by atoms with Gasteiger partial charge in [-0.05, 0) is 41.8 Å². The summed E-state index contributed by atoms with van der Waals surface area (Å²) in [6.07, 6.45) is 4.44. The molecule has 0 heterocycles. The third kappa shape index (κ3) is 4.06. The van der Waals surface area contributed by atoms with Gasteiger partial charge in [0.25, 0.3) is 0 Å². The van der Waals surface area contributed by atoms with E-state index in [0.717, 1.165) is 23.2 Å². The molecule has 0 aromatic heterocycles. The van der Waals surface area contributed by atoms with Gasteiger partial charge in [-0.25, -0.2) is 0 Å². The molecule has 0 aliphatic carbocycles. The summed E-state index contributed by atoms with van der Waals surface area (Å²) in [5.41, 5.74) is 4.11. The first-order chi connectivity index (χ1) is 10.1. The highest BCUT2D eigenvalue weighted by Crippen LogP contribution is 2.14. The first-order valence-electron chi connectivity index (χ1n) is 7.19. The van der Waals surface area contributed by atoms with Gasteiger partial charge in [-0.3, -0.25) is 4.79 Å². The number of hydrogen-bond acceptors (Lipinski definition) is 2. The molecule has 0 atom stereocenters. The minimum atomic E-state index is 0.0435. The van der Waals surface area contributed by atoms with Crippen molar-refractivity contribution in [2.24, 2.45) is 0 Å². The molecule has 2 aromatic rings. The largest absolute Gasteiger partial charge is 0.378 e. The lowest BCUT2D eigenvalue weighted by molar-refractivity contribution is 0.104. The lowest BCUT2D eigenvalue weighted by Gasteiger charge is -2.11. The summed E-state index contributed by atoms with van der Waals surface area (Å²) < 4.78 is 0. The summed E-state index contributed by atoms with van der Waals surface area (Å²) >= 11 is 0. The average Bonchev–Trinajstić information content (AvgIpc) is 2.53. The van der Waals surface area contributed by atoms with Crippen LogP contribution in [0.4, 0.5) is 5.69 Å². The van der Waals surface area contributed by atoms with Crippen LogP contribution in [0.15, 0.2) is 54.6 Å². The predicted molar refractivity (Wildman–Crippen MR) is 90.0 cm³/mol. The van der Waals surface area contributed by atoms with Crippen molar-refractivity contribution < 1.29 is 4.79 Å². The van der Waals surface area contributed by atoms with Crippen LogP contribution >= 0.6 is 0 Å². The maximum Gasteiger partial charge on any atom is 0.185 e. The molecule has 0 aliphatic heterocycles. The number of allylic oxidation sites excluding steroid dienone is 1. The second kappa shape index (κ2) is 6.89. The normalized spacial score (nSPS) is 10.8. The van der Waals surface area contributed by atoms with Crippen molar-refractivity contribution >= 4 is 17.5 Å². The third-order valence-electron chi connectivity index (χ3n) is 3.46. The minimum Gasteiger partial charge on any atom is -0.378 e. The molecule has 0 bridgehead atoms. The zero-order valence-electron chi connectivity index (χ0n) is 12.8. The van der Waals surface area contributed by atoms with Crippen molar-refractivity contribution in [3.63, 3.8) is 0 Å². The quantitative estimate of drug-likeness (QED) is 0.603. The number of ketones is 1. The Labute approximate surface area is 126 Å². The van der Waals surface area contributed by atoms with Gasteiger partial charge in [-0.2, -0.15) is 0 Å². The summed E-state index contributed by atoms with van der Waals surface area (Å²) in [7, 11) is 4.02. The minimum absolute atomic E-state index is 0.0435. The van der Waals surface area contributed by atoms with E-state index in [1.165, 1.54) is 5.56 Å². The van der Waals surface area contributed by atoms with Crippen LogP contribution < -0.4 is 4.90 Å². The Morgan fingerprint density at radius 2 is 1.81 bits per heavy atom. The predicted octanol–water partition coefficient (Wildman–Crippen LogP) is 4.21. The van der Waals surface area contributed by atoms with Gasteiger partial charge >= 0.3 is 0 Å². The summed E-state index contributed by atoms with van der Waals surface area (Å²) in [4.78, 5) is 14.2.